The van der Waals surface area contributed by atoms with Gasteiger partial charge >= 0.3 is 0 Å². The monoisotopic (exact) mass is 228 g/mol. The van der Waals surface area contributed by atoms with E-state index >= 15 is 0 Å². The number of hydrogen-bond donors (Lipinski definition) is 1. The third kappa shape index (κ3) is 5.34. The molecule has 0 aromatic rings. The molecule has 0 spiro atoms. The molecular formula is C15H32O. The van der Waals surface area contributed by atoms with Crippen LogP contribution in [0.2, 0.25) is 0 Å². The molecule has 16 heavy (non-hydrogen) atoms. The second-order valence-corrected chi connectivity index (χ2v) is 5.19. The molecule has 2 unspecified atom stereocenters. The number of aliphatic hydroxyl groups is 1. The highest BCUT2D eigenvalue weighted by Gasteiger charge is 2.32. The minimum absolute atomic E-state index is 0.388. The fourth-order valence-corrected chi connectivity index (χ4v) is 2.63. The number of unbranched alkanes of at least 4 members (excludes halogenated alkanes) is 2. The predicted octanol–water partition coefficient (Wildman–Crippen LogP) is 4.92. The zero-order valence-corrected chi connectivity index (χ0v) is 11.9. The van der Waals surface area contributed by atoms with Gasteiger partial charge in [-0.1, -0.05) is 59.8 Å². The van der Waals surface area contributed by atoms with Crippen molar-refractivity contribution in [3.63, 3.8) is 0 Å². The maximum atomic E-state index is 10.8. The van der Waals surface area contributed by atoms with E-state index in [1.54, 1.807) is 0 Å². The Balaban J connectivity index is 4.39. The van der Waals surface area contributed by atoms with Gasteiger partial charge in [0.1, 0.15) is 0 Å². The largest absolute Gasteiger partial charge is 0.390 e. The van der Waals surface area contributed by atoms with Crippen LogP contribution in [0.3, 0.4) is 0 Å². The molecule has 0 bridgehead atoms. The Morgan fingerprint density at radius 2 is 1.50 bits per heavy atom. The number of rotatable bonds is 10. The van der Waals surface area contributed by atoms with Gasteiger partial charge < -0.3 is 5.11 Å². The van der Waals surface area contributed by atoms with Gasteiger partial charge in [-0.3, -0.25) is 0 Å². The molecule has 0 fully saturated rings. The van der Waals surface area contributed by atoms with E-state index in [-0.39, 0.29) is 5.60 Å². The van der Waals surface area contributed by atoms with E-state index in [0.717, 1.165) is 19.3 Å². The maximum absolute atomic E-state index is 10.8. The minimum Gasteiger partial charge on any atom is -0.390 e. The Bertz CT molecular complexity index is 156. The molecule has 0 rings (SSSR count). The number of hydrogen-bond acceptors (Lipinski definition) is 1. The van der Waals surface area contributed by atoms with Gasteiger partial charge in [0, 0.05) is 0 Å². The third-order valence-electron chi connectivity index (χ3n) is 3.88. The van der Waals surface area contributed by atoms with E-state index in [1.807, 2.05) is 0 Å². The topological polar surface area (TPSA) is 20.2 Å². The summed E-state index contributed by atoms with van der Waals surface area (Å²) in [6.07, 6.45) is 10.4. The smallest absolute Gasteiger partial charge is 0.0673 e. The van der Waals surface area contributed by atoms with Crippen LogP contribution in [0.15, 0.2) is 0 Å². The fourth-order valence-electron chi connectivity index (χ4n) is 2.63. The normalized spacial score (nSPS) is 17.1. The lowest BCUT2D eigenvalue weighted by Gasteiger charge is -2.36. The third-order valence-corrected chi connectivity index (χ3v) is 3.88. The second-order valence-electron chi connectivity index (χ2n) is 5.19. The summed E-state index contributed by atoms with van der Waals surface area (Å²) in [6.45, 7) is 8.82. The highest BCUT2D eigenvalue weighted by molar-refractivity contribution is 4.85. The molecule has 0 aromatic heterocycles. The molecule has 0 saturated heterocycles. The van der Waals surface area contributed by atoms with Crippen molar-refractivity contribution in [1.82, 2.24) is 0 Å². The molecule has 1 heteroatoms. The van der Waals surface area contributed by atoms with Crippen LogP contribution in [0.1, 0.15) is 85.5 Å². The van der Waals surface area contributed by atoms with Crippen LogP contribution in [0.4, 0.5) is 0 Å². The van der Waals surface area contributed by atoms with E-state index < -0.39 is 0 Å². The molecule has 0 radical (unpaired) electrons. The van der Waals surface area contributed by atoms with Crippen molar-refractivity contribution in [2.75, 3.05) is 0 Å². The van der Waals surface area contributed by atoms with Gasteiger partial charge in [0.2, 0.25) is 0 Å². The highest BCUT2D eigenvalue weighted by Crippen LogP contribution is 2.34. The predicted molar refractivity (Wildman–Crippen MR) is 72.7 cm³/mol. The van der Waals surface area contributed by atoms with Crippen molar-refractivity contribution in [3.05, 3.63) is 0 Å². The molecule has 2 atom stereocenters. The van der Waals surface area contributed by atoms with Crippen molar-refractivity contribution < 1.29 is 5.11 Å². The molecule has 0 saturated carbocycles. The minimum atomic E-state index is -0.388. The van der Waals surface area contributed by atoms with Gasteiger partial charge in [0.25, 0.3) is 0 Å². The van der Waals surface area contributed by atoms with E-state index in [0.29, 0.717) is 5.92 Å². The maximum Gasteiger partial charge on any atom is 0.0673 e. The summed E-state index contributed by atoms with van der Waals surface area (Å²) in [6, 6.07) is 0. The van der Waals surface area contributed by atoms with Crippen molar-refractivity contribution >= 4 is 0 Å². The molecule has 0 heterocycles. The van der Waals surface area contributed by atoms with E-state index in [4.69, 9.17) is 0 Å². The van der Waals surface area contributed by atoms with Crippen molar-refractivity contribution in [3.8, 4) is 0 Å². The summed E-state index contributed by atoms with van der Waals surface area (Å²) >= 11 is 0. The van der Waals surface area contributed by atoms with Gasteiger partial charge in [-0.2, -0.15) is 0 Å². The summed E-state index contributed by atoms with van der Waals surface area (Å²) in [7, 11) is 0. The molecule has 98 valence electrons. The van der Waals surface area contributed by atoms with Crippen LogP contribution in [0, 0.1) is 5.92 Å². The summed E-state index contributed by atoms with van der Waals surface area (Å²) in [5.41, 5.74) is -0.388. The van der Waals surface area contributed by atoms with Crippen LogP contribution < -0.4 is 0 Å². The molecule has 0 aliphatic carbocycles. The summed E-state index contributed by atoms with van der Waals surface area (Å²) in [4.78, 5) is 0. The Hall–Kier alpha value is -0.0400. The van der Waals surface area contributed by atoms with E-state index in [1.165, 1.54) is 38.5 Å². The lowest BCUT2D eigenvalue weighted by atomic mass is 9.76. The Kier molecular flexibility index (Phi) is 9.02. The Morgan fingerprint density at radius 1 is 0.875 bits per heavy atom. The summed E-state index contributed by atoms with van der Waals surface area (Å²) in [5.74, 6) is 0.522. The zero-order chi connectivity index (χ0) is 12.4. The lowest BCUT2D eigenvalue weighted by molar-refractivity contribution is -0.0389. The molecular weight excluding hydrogens is 196 g/mol. The first-order chi connectivity index (χ1) is 7.64. The molecule has 1 N–H and O–H groups in total. The highest BCUT2D eigenvalue weighted by atomic mass is 16.3. The first-order valence-electron chi connectivity index (χ1n) is 7.36. The van der Waals surface area contributed by atoms with Gasteiger partial charge in [-0.25, -0.2) is 0 Å². The van der Waals surface area contributed by atoms with Crippen LogP contribution in [-0.4, -0.2) is 10.7 Å². The van der Waals surface area contributed by atoms with Crippen LogP contribution in [-0.2, 0) is 0 Å². The Morgan fingerprint density at radius 3 is 1.94 bits per heavy atom. The second kappa shape index (κ2) is 9.04. The zero-order valence-electron chi connectivity index (χ0n) is 11.9. The molecule has 0 aromatic carbocycles. The fraction of sp³-hybridized carbons (Fsp3) is 1.00. The van der Waals surface area contributed by atoms with Gasteiger partial charge in [0.15, 0.2) is 0 Å². The van der Waals surface area contributed by atoms with Gasteiger partial charge in [-0.05, 0) is 31.6 Å². The molecule has 0 aliphatic heterocycles. The molecule has 1 nitrogen and oxygen atoms in total. The van der Waals surface area contributed by atoms with E-state index in [9.17, 15) is 5.11 Å². The van der Waals surface area contributed by atoms with Crippen molar-refractivity contribution in [2.45, 2.75) is 91.1 Å². The first-order valence-corrected chi connectivity index (χ1v) is 7.36. The Labute approximate surface area is 103 Å². The standard InChI is InChI=1S/C15H32O/c1-5-9-12-14(11-7-3)15(16,8-4)13-10-6-2/h14,16H,5-13H2,1-4H3. The van der Waals surface area contributed by atoms with Gasteiger partial charge in [-0.15, -0.1) is 0 Å². The first kappa shape index (κ1) is 16.0. The van der Waals surface area contributed by atoms with Gasteiger partial charge in [0.05, 0.1) is 5.60 Å². The van der Waals surface area contributed by atoms with Crippen LogP contribution in [0.5, 0.6) is 0 Å². The quantitative estimate of drug-likeness (QED) is 0.562. The molecule has 0 aliphatic rings. The SMILES string of the molecule is CCCCC(CCC)C(O)(CC)CCCC. The summed E-state index contributed by atoms with van der Waals surface area (Å²) in [5, 5.41) is 10.8. The lowest BCUT2D eigenvalue weighted by Crippen LogP contribution is -2.37. The van der Waals surface area contributed by atoms with Crippen molar-refractivity contribution in [2.24, 2.45) is 5.92 Å². The molecule has 0 amide bonds. The summed E-state index contributed by atoms with van der Waals surface area (Å²) < 4.78 is 0. The average Bonchev–Trinajstić information content (AvgIpc) is 2.31. The average molecular weight is 228 g/mol. The van der Waals surface area contributed by atoms with Crippen molar-refractivity contribution in [1.29, 1.82) is 0 Å². The van der Waals surface area contributed by atoms with E-state index in [2.05, 4.69) is 27.7 Å². The van der Waals surface area contributed by atoms with Crippen LogP contribution >= 0.6 is 0 Å². The van der Waals surface area contributed by atoms with Crippen LogP contribution in [0.25, 0.3) is 0 Å².